The van der Waals surface area contributed by atoms with Crippen molar-refractivity contribution in [1.29, 1.82) is 5.26 Å². The fourth-order valence-electron chi connectivity index (χ4n) is 2.47. The van der Waals surface area contributed by atoms with Crippen LogP contribution in [0.5, 0.6) is 0 Å². The maximum absolute atomic E-state index is 13.2. The Bertz CT molecular complexity index is 967. The molecule has 1 heterocycles. The monoisotopic (exact) mass is 329 g/mol. The second-order valence-corrected chi connectivity index (χ2v) is 5.24. The van der Waals surface area contributed by atoms with Gasteiger partial charge in [0.15, 0.2) is 0 Å². The minimum absolute atomic E-state index is 0.0184. The molecule has 0 N–H and O–H groups in total. The third-order valence-corrected chi connectivity index (χ3v) is 3.59. The van der Waals surface area contributed by atoms with E-state index < -0.39 is 11.7 Å². The van der Waals surface area contributed by atoms with E-state index in [4.69, 9.17) is 5.26 Å². The summed E-state index contributed by atoms with van der Waals surface area (Å²) < 4.78 is 41.0. The number of carbonyl (C=O) groups excluding carboxylic acids is 1. The molecule has 3 rings (SSSR count). The lowest BCUT2D eigenvalue weighted by molar-refractivity contribution is -0.138. The Kier molecular flexibility index (Phi) is 3.81. The van der Waals surface area contributed by atoms with E-state index in [2.05, 4.69) is 5.10 Å². The largest absolute Gasteiger partial charge is 0.416 e. The van der Waals surface area contributed by atoms with Crippen molar-refractivity contribution in [1.82, 2.24) is 9.78 Å². The summed E-state index contributed by atoms with van der Waals surface area (Å²) in [5, 5.41) is 13.7. The third-order valence-electron chi connectivity index (χ3n) is 3.59. The average Bonchev–Trinajstić information content (AvgIpc) is 2.95. The number of hydrogen-bond donors (Lipinski definition) is 0. The van der Waals surface area contributed by atoms with Gasteiger partial charge < -0.3 is 0 Å². The fraction of sp³-hybridized carbons (Fsp3) is 0.118. The zero-order chi connectivity index (χ0) is 17.3. The SMILES string of the molecule is N#Cc1ccc(Cn2cc3cc(C=O)ccc3n2)c(C(F)(F)F)c1. The molecule has 0 bridgehead atoms. The molecule has 3 aromatic rings. The normalized spacial score (nSPS) is 11.4. The Morgan fingerprint density at radius 2 is 2.00 bits per heavy atom. The second-order valence-electron chi connectivity index (χ2n) is 5.24. The van der Waals surface area contributed by atoms with E-state index in [9.17, 15) is 18.0 Å². The summed E-state index contributed by atoms with van der Waals surface area (Å²) in [4.78, 5) is 10.8. The highest BCUT2D eigenvalue weighted by Gasteiger charge is 2.33. The van der Waals surface area contributed by atoms with Gasteiger partial charge in [-0.2, -0.15) is 23.5 Å². The molecule has 0 atom stereocenters. The van der Waals surface area contributed by atoms with Crippen LogP contribution in [0, 0.1) is 11.3 Å². The van der Waals surface area contributed by atoms with Crippen LogP contribution in [0.15, 0.2) is 42.6 Å². The highest BCUT2D eigenvalue weighted by Crippen LogP contribution is 2.33. The van der Waals surface area contributed by atoms with E-state index >= 15 is 0 Å². The molecule has 0 aliphatic carbocycles. The number of nitriles is 1. The predicted octanol–water partition coefficient (Wildman–Crippen LogP) is 3.79. The number of halogens is 3. The van der Waals surface area contributed by atoms with Gasteiger partial charge in [0.25, 0.3) is 0 Å². The maximum Gasteiger partial charge on any atom is 0.416 e. The summed E-state index contributed by atoms with van der Waals surface area (Å²) in [6, 6.07) is 10.0. The number of rotatable bonds is 3. The number of nitrogens with zero attached hydrogens (tertiary/aromatic N) is 3. The summed E-state index contributed by atoms with van der Waals surface area (Å²) in [5.74, 6) is 0. The van der Waals surface area contributed by atoms with E-state index in [-0.39, 0.29) is 17.7 Å². The van der Waals surface area contributed by atoms with E-state index in [1.54, 1.807) is 30.5 Å². The van der Waals surface area contributed by atoms with Crippen LogP contribution < -0.4 is 0 Å². The second kappa shape index (κ2) is 5.81. The first-order valence-corrected chi connectivity index (χ1v) is 6.93. The van der Waals surface area contributed by atoms with Crippen LogP contribution in [0.4, 0.5) is 13.2 Å². The number of aldehydes is 1. The number of alkyl halides is 3. The van der Waals surface area contributed by atoms with E-state index in [0.29, 0.717) is 22.8 Å². The molecular formula is C17H10F3N3O. The number of fused-ring (bicyclic) bond motifs is 1. The maximum atomic E-state index is 13.2. The first kappa shape index (κ1) is 15.7. The number of benzene rings is 2. The van der Waals surface area contributed by atoms with Crippen molar-refractivity contribution in [2.24, 2.45) is 0 Å². The van der Waals surface area contributed by atoms with Crippen molar-refractivity contribution >= 4 is 17.2 Å². The minimum atomic E-state index is -4.56. The average molecular weight is 329 g/mol. The van der Waals surface area contributed by atoms with Crippen LogP contribution in [0.1, 0.15) is 27.0 Å². The predicted molar refractivity (Wildman–Crippen MR) is 80.4 cm³/mol. The van der Waals surface area contributed by atoms with Crippen molar-refractivity contribution in [3.05, 3.63) is 64.8 Å². The standard InChI is InChI=1S/C17H10F3N3O/c18-17(19,20)15-6-11(7-21)1-3-13(15)8-23-9-14-5-12(10-24)2-4-16(14)22-23/h1-6,9-10H,8H2. The molecular weight excluding hydrogens is 319 g/mol. The first-order valence-electron chi connectivity index (χ1n) is 6.93. The van der Waals surface area contributed by atoms with Crippen LogP contribution >= 0.6 is 0 Å². The lowest BCUT2D eigenvalue weighted by Gasteiger charge is -2.13. The highest BCUT2D eigenvalue weighted by atomic mass is 19.4. The summed E-state index contributed by atoms with van der Waals surface area (Å²) in [6.07, 6.45) is -2.28. The van der Waals surface area contributed by atoms with Gasteiger partial charge in [0.05, 0.1) is 29.3 Å². The van der Waals surface area contributed by atoms with E-state index in [1.165, 1.54) is 16.8 Å². The molecule has 4 nitrogen and oxygen atoms in total. The molecule has 7 heteroatoms. The molecule has 0 radical (unpaired) electrons. The first-order chi connectivity index (χ1) is 11.4. The lowest BCUT2D eigenvalue weighted by atomic mass is 10.0. The Hall–Kier alpha value is -3.14. The van der Waals surface area contributed by atoms with E-state index in [0.717, 1.165) is 6.07 Å². The molecule has 0 saturated heterocycles. The Balaban J connectivity index is 2.02. The van der Waals surface area contributed by atoms with E-state index in [1.807, 2.05) is 0 Å². The van der Waals surface area contributed by atoms with Gasteiger partial charge in [-0.05, 0) is 35.9 Å². The Morgan fingerprint density at radius 1 is 1.21 bits per heavy atom. The molecule has 0 unspecified atom stereocenters. The highest BCUT2D eigenvalue weighted by molar-refractivity contribution is 5.86. The van der Waals surface area contributed by atoms with Gasteiger partial charge in [-0.3, -0.25) is 9.48 Å². The molecule has 1 aromatic heterocycles. The van der Waals surface area contributed by atoms with Gasteiger partial charge in [-0.25, -0.2) is 0 Å². The zero-order valence-electron chi connectivity index (χ0n) is 12.2. The molecule has 120 valence electrons. The molecule has 0 spiro atoms. The van der Waals surface area contributed by atoms with Crippen molar-refractivity contribution in [2.75, 3.05) is 0 Å². The van der Waals surface area contributed by atoms with Gasteiger partial charge in [-0.15, -0.1) is 0 Å². The van der Waals surface area contributed by atoms with Gasteiger partial charge in [-0.1, -0.05) is 6.07 Å². The Labute approximate surface area is 134 Å². The van der Waals surface area contributed by atoms with Crippen LogP contribution in [-0.2, 0) is 12.7 Å². The smallest absolute Gasteiger partial charge is 0.298 e. The molecule has 0 saturated carbocycles. The van der Waals surface area contributed by atoms with Gasteiger partial charge >= 0.3 is 6.18 Å². The number of carbonyl (C=O) groups is 1. The van der Waals surface area contributed by atoms with Crippen LogP contribution in [0.25, 0.3) is 10.9 Å². The van der Waals surface area contributed by atoms with Crippen molar-refractivity contribution in [3.8, 4) is 6.07 Å². The quantitative estimate of drug-likeness (QED) is 0.687. The van der Waals surface area contributed by atoms with Crippen molar-refractivity contribution in [2.45, 2.75) is 12.7 Å². The molecule has 0 aliphatic heterocycles. The Morgan fingerprint density at radius 3 is 2.67 bits per heavy atom. The molecule has 0 fully saturated rings. The minimum Gasteiger partial charge on any atom is -0.298 e. The number of hydrogen-bond acceptors (Lipinski definition) is 3. The summed E-state index contributed by atoms with van der Waals surface area (Å²) >= 11 is 0. The van der Waals surface area contributed by atoms with Gasteiger partial charge in [0.1, 0.15) is 6.29 Å². The summed E-state index contributed by atoms with van der Waals surface area (Å²) in [6.45, 7) is -0.0916. The van der Waals surface area contributed by atoms with Crippen LogP contribution in [0.2, 0.25) is 0 Å². The van der Waals surface area contributed by atoms with Crippen molar-refractivity contribution in [3.63, 3.8) is 0 Å². The summed E-state index contributed by atoms with van der Waals surface area (Å²) in [5.41, 5.74) is 0.172. The molecule has 0 aliphatic rings. The fourth-order valence-corrected chi connectivity index (χ4v) is 2.47. The van der Waals surface area contributed by atoms with Gasteiger partial charge in [0, 0.05) is 17.1 Å². The van der Waals surface area contributed by atoms with Crippen molar-refractivity contribution < 1.29 is 18.0 Å². The lowest BCUT2D eigenvalue weighted by Crippen LogP contribution is -2.12. The summed E-state index contributed by atoms with van der Waals surface area (Å²) in [7, 11) is 0. The zero-order valence-corrected chi connectivity index (χ0v) is 12.2. The molecule has 2 aromatic carbocycles. The topological polar surface area (TPSA) is 58.7 Å². The molecule has 24 heavy (non-hydrogen) atoms. The third kappa shape index (κ3) is 2.99. The number of aromatic nitrogens is 2. The van der Waals surface area contributed by atoms with Crippen LogP contribution in [0.3, 0.4) is 0 Å². The van der Waals surface area contributed by atoms with Crippen LogP contribution in [-0.4, -0.2) is 16.1 Å². The molecule has 0 amide bonds. The van der Waals surface area contributed by atoms with Gasteiger partial charge in [0.2, 0.25) is 0 Å².